The fraction of sp³-hybridized carbons (Fsp3) is 0.250. The summed E-state index contributed by atoms with van der Waals surface area (Å²) in [5, 5.41) is 5.73. The molecule has 0 radical (unpaired) electrons. The number of rotatable bonds is 7. The predicted molar refractivity (Wildman–Crippen MR) is 124 cm³/mol. The number of hydrogen-bond donors (Lipinski definition) is 3. The summed E-state index contributed by atoms with van der Waals surface area (Å²) < 4.78 is 0. The molecule has 0 spiro atoms. The number of carbonyl (C=O) groups is 2. The smallest absolute Gasteiger partial charge is 0.278 e. The summed E-state index contributed by atoms with van der Waals surface area (Å²) in [7, 11) is 0. The van der Waals surface area contributed by atoms with Crippen molar-refractivity contribution < 1.29 is 9.59 Å². The normalized spacial score (nSPS) is 13.6. The van der Waals surface area contributed by atoms with Crippen molar-refractivity contribution in [1.82, 2.24) is 20.2 Å². The fourth-order valence-electron chi connectivity index (χ4n) is 3.64. The summed E-state index contributed by atoms with van der Waals surface area (Å²) in [5.74, 6) is -0.490. The van der Waals surface area contributed by atoms with Gasteiger partial charge in [-0.1, -0.05) is 30.3 Å². The van der Waals surface area contributed by atoms with Crippen LogP contribution in [-0.2, 0) is 0 Å². The van der Waals surface area contributed by atoms with Crippen LogP contribution in [0.3, 0.4) is 0 Å². The first-order chi connectivity index (χ1) is 15.6. The Morgan fingerprint density at radius 1 is 0.969 bits per heavy atom. The number of nitrogen functional groups attached to an aromatic ring is 1. The van der Waals surface area contributed by atoms with Crippen molar-refractivity contribution in [1.29, 1.82) is 0 Å². The SMILES string of the molecule is Nc1ncc(-c2ccc(C(=O)NCCN3CCCC3)cc2)nc1C(=O)Nc1ccccc1. The molecule has 0 atom stereocenters. The number of anilines is 2. The van der Waals surface area contributed by atoms with Crippen molar-refractivity contribution in [2.45, 2.75) is 12.8 Å². The van der Waals surface area contributed by atoms with Gasteiger partial charge in [0.2, 0.25) is 0 Å². The highest BCUT2D eigenvalue weighted by atomic mass is 16.2. The molecule has 3 aromatic rings. The average molecular weight is 431 g/mol. The fourth-order valence-corrected chi connectivity index (χ4v) is 3.64. The summed E-state index contributed by atoms with van der Waals surface area (Å²) in [5.41, 5.74) is 8.39. The van der Waals surface area contributed by atoms with E-state index >= 15 is 0 Å². The molecule has 2 heterocycles. The molecule has 2 aromatic carbocycles. The number of likely N-dealkylation sites (tertiary alicyclic amines) is 1. The Morgan fingerprint density at radius 3 is 2.41 bits per heavy atom. The van der Waals surface area contributed by atoms with Gasteiger partial charge in [-0.25, -0.2) is 9.97 Å². The van der Waals surface area contributed by atoms with Gasteiger partial charge in [0.1, 0.15) is 0 Å². The molecule has 0 bridgehead atoms. The van der Waals surface area contributed by atoms with Crippen LogP contribution in [0, 0.1) is 0 Å². The Morgan fingerprint density at radius 2 is 1.69 bits per heavy atom. The van der Waals surface area contributed by atoms with Crippen LogP contribution in [-0.4, -0.2) is 52.9 Å². The monoisotopic (exact) mass is 430 g/mol. The first-order valence-electron chi connectivity index (χ1n) is 10.7. The molecule has 1 aromatic heterocycles. The van der Waals surface area contributed by atoms with Crippen LogP contribution in [0.1, 0.15) is 33.7 Å². The zero-order chi connectivity index (χ0) is 22.3. The second kappa shape index (κ2) is 10.0. The van der Waals surface area contributed by atoms with Crippen LogP contribution in [0.5, 0.6) is 0 Å². The number of nitrogens with zero attached hydrogens (tertiary/aromatic N) is 3. The van der Waals surface area contributed by atoms with Crippen molar-refractivity contribution in [3.63, 3.8) is 0 Å². The van der Waals surface area contributed by atoms with Gasteiger partial charge in [-0.3, -0.25) is 9.59 Å². The van der Waals surface area contributed by atoms with Crippen molar-refractivity contribution in [2.75, 3.05) is 37.2 Å². The molecule has 0 aliphatic carbocycles. The van der Waals surface area contributed by atoms with Crippen LogP contribution in [0.25, 0.3) is 11.3 Å². The van der Waals surface area contributed by atoms with Gasteiger partial charge in [-0.15, -0.1) is 0 Å². The molecule has 4 N–H and O–H groups in total. The van der Waals surface area contributed by atoms with Crippen LogP contribution in [0.15, 0.2) is 60.8 Å². The molecule has 32 heavy (non-hydrogen) atoms. The lowest BCUT2D eigenvalue weighted by molar-refractivity contribution is 0.0949. The van der Waals surface area contributed by atoms with E-state index in [0.29, 0.717) is 23.5 Å². The topological polar surface area (TPSA) is 113 Å². The Labute approximate surface area is 186 Å². The van der Waals surface area contributed by atoms with Gasteiger partial charge in [0.05, 0.1) is 11.9 Å². The maximum absolute atomic E-state index is 12.6. The van der Waals surface area contributed by atoms with Gasteiger partial charge >= 0.3 is 0 Å². The minimum atomic E-state index is -0.433. The van der Waals surface area contributed by atoms with Crippen LogP contribution in [0.4, 0.5) is 11.5 Å². The molecule has 0 saturated carbocycles. The summed E-state index contributed by atoms with van der Waals surface area (Å²) in [4.78, 5) is 35.9. The summed E-state index contributed by atoms with van der Waals surface area (Å²) >= 11 is 0. The quantitative estimate of drug-likeness (QED) is 0.531. The molecule has 1 fully saturated rings. The number of para-hydroxylation sites is 1. The Bertz CT molecular complexity index is 1080. The number of hydrogen-bond acceptors (Lipinski definition) is 6. The van der Waals surface area contributed by atoms with E-state index in [0.717, 1.165) is 25.2 Å². The van der Waals surface area contributed by atoms with E-state index in [1.54, 1.807) is 36.4 Å². The number of amides is 2. The third-order valence-corrected chi connectivity index (χ3v) is 5.40. The highest BCUT2D eigenvalue weighted by Crippen LogP contribution is 2.20. The number of nitrogens with one attached hydrogen (secondary N) is 2. The molecule has 1 aliphatic heterocycles. The van der Waals surface area contributed by atoms with Crippen LogP contribution in [0.2, 0.25) is 0 Å². The van der Waals surface area contributed by atoms with Crippen molar-refractivity contribution in [3.05, 3.63) is 72.1 Å². The number of nitrogens with two attached hydrogens (primary N) is 1. The molecule has 0 unspecified atom stereocenters. The zero-order valence-electron chi connectivity index (χ0n) is 17.8. The lowest BCUT2D eigenvalue weighted by Gasteiger charge is -2.14. The van der Waals surface area contributed by atoms with E-state index in [9.17, 15) is 9.59 Å². The van der Waals surface area contributed by atoms with Gasteiger partial charge in [0, 0.05) is 29.9 Å². The molecular weight excluding hydrogens is 404 g/mol. The van der Waals surface area contributed by atoms with E-state index < -0.39 is 5.91 Å². The van der Waals surface area contributed by atoms with Crippen LogP contribution >= 0.6 is 0 Å². The molecule has 1 saturated heterocycles. The molecule has 4 rings (SSSR count). The van der Waals surface area contributed by atoms with E-state index in [1.807, 2.05) is 18.2 Å². The van der Waals surface area contributed by atoms with E-state index in [4.69, 9.17) is 5.73 Å². The number of aromatic nitrogens is 2. The maximum atomic E-state index is 12.6. The lowest BCUT2D eigenvalue weighted by Crippen LogP contribution is -2.33. The molecular formula is C24H26N6O2. The van der Waals surface area contributed by atoms with Crippen LogP contribution < -0.4 is 16.4 Å². The predicted octanol–water partition coefficient (Wildman–Crippen LogP) is 2.80. The summed E-state index contributed by atoms with van der Waals surface area (Å²) in [6.07, 6.45) is 3.98. The molecule has 2 amide bonds. The second-order valence-corrected chi connectivity index (χ2v) is 7.69. The third kappa shape index (κ3) is 5.28. The first kappa shape index (κ1) is 21.5. The molecule has 164 valence electrons. The highest BCUT2D eigenvalue weighted by Gasteiger charge is 2.16. The summed E-state index contributed by atoms with van der Waals surface area (Å²) in [6, 6.07) is 16.1. The largest absolute Gasteiger partial charge is 0.382 e. The molecule has 8 nitrogen and oxygen atoms in total. The van der Waals surface area contributed by atoms with Gasteiger partial charge < -0.3 is 21.3 Å². The lowest BCUT2D eigenvalue weighted by atomic mass is 10.1. The maximum Gasteiger partial charge on any atom is 0.278 e. The Kier molecular flexibility index (Phi) is 6.72. The van der Waals surface area contributed by atoms with Gasteiger partial charge in [-0.05, 0) is 50.2 Å². The van der Waals surface area contributed by atoms with Crippen molar-refractivity contribution in [2.24, 2.45) is 0 Å². The van der Waals surface area contributed by atoms with Crippen molar-refractivity contribution >= 4 is 23.3 Å². The minimum absolute atomic E-state index is 0.0510. The molecule has 1 aliphatic rings. The Balaban J connectivity index is 1.41. The average Bonchev–Trinajstić information content (AvgIpc) is 3.33. The Hall–Kier alpha value is -3.78. The van der Waals surface area contributed by atoms with Gasteiger partial charge in [0.15, 0.2) is 11.5 Å². The van der Waals surface area contributed by atoms with E-state index in [2.05, 4.69) is 25.5 Å². The van der Waals surface area contributed by atoms with Crippen molar-refractivity contribution in [3.8, 4) is 11.3 Å². The van der Waals surface area contributed by atoms with E-state index in [1.165, 1.54) is 19.0 Å². The third-order valence-electron chi connectivity index (χ3n) is 5.40. The highest BCUT2D eigenvalue weighted by molar-refractivity contribution is 6.06. The summed E-state index contributed by atoms with van der Waals surface area (Å²) in [6.45, 7) is 3.72. The molecule has 8 heteroatoms. The van der Waals surface area contributed by atoms with Gasteiger partial charge in [-0.2, -0.15) is 0 Å². The second-order valence-electron chi connectivity index (χ2n) is 7.69. The first-order valence-corrected chi connectivity index (χ1v) is 10.7. The standard InChI is InChI=1S/C24H26N6O2/c25-22-21(24(32)28-19-6-2-1-3-7-19)29-20(16-27-22)17-8-10-18(11-9-17)23(31)26-12-15-30-13-4-5-14-30/h1-3,6-11,16H,4-5,12-15H2,(H2,25,27)(H,26,31)(H,28,32). The number of benzene rings is 2. The zero-order valence-corrected chi connectivity index (χ0v) is 17.8. The number of carbonyl (C=O) groups excluding carboxylic acids is 2. The minimum Gasteiger partial charge on any atom is -0.382 e. The van der Waals surface area contributed by atoms with E-state index in [-0.39, 0.29) is 17.4 Å². The van der Waals surface area contributed by atoms with Gasteiger partial charge in [0.25, 0.3) is 11.8 Å².